The number of cyclic esters (lactones) is 1. The number of esters is 2. The number of carbonyl (C=O) groups is 2. The van der Waals surface area contributed by atoms with Crippen molar-refractivity contribution in [3.8, 4) is 0 Å². The molecule has 1 aliphatic rings. The lowest BCUT2D eigenvalue weighted by Crippen LogP contribution is -2.44. The first-order valence-corrected chi connectivity index (χ1v) is 9.03. The summed E-state index contributed by atoms with van der Waals surface area (Å²) < 4.78 is 16.5. The van der Waals surface area contributed by atoms with Crippen LogP contribution < -0.4 is 0 Å². The highest BCUT2D eigenvalue weighted by Gasteiger charge is 2.54. The van der Waals surface area contributed by atoms with Gasteiger partial charge in [0.1, 0.15) is 0 Å². The van der Waals surface area contributed by atoms with Crippen molar-refractivity contribution >= 4 is 18.0 Å². The van der Waals surface area contributed by atoms with Crippen LogP contribution in [0.15, 0.2) is 66.4 Å². The van der Waals surface area contributed by atoms with E-state index in [1.165, 1.54) is 0 Å². The number of carbonyl (C=O) groups excluding carboxylic acids is 2. The molecule has 3 rings (SSSR count). The van der Waals surface area contributed by atoms with E-state index < -0.39 is 17.7 Å². The molecule has 0 N–H and O–H groups in total. The Labute approximate surface area is 158 Å². The highest BCUT2D eigenvalue weighted by Crippen LogP contribution is 2.33. The van der Waals surface area contributed by atoms with Gasteiger partial charge in [0.25, 0.3) is 0 Å². The minimum atomic E-state index is -1.80. The topological polar surface area (TPSA) is 61.8 Å². The standard InChI is InChI=1S/C22H22O5/c1-2-3-14-25-21(24)22(16-18-12-8-5-9-13-18)26-19(20(23)27-22)15-17-10-6-4-7-11-17/h4-13,15H,2-3,14,16H2,1H3/b19-15+/t22-/m1/s1. The van der Waals surface area contributed by atoms with Crippen LogP contribution in [0.25, 0.3) is 6.08 Å². The van der Waals surface area contributed by atoms with Crippen LogP contribution in [0.3, 0.4) is 0 Å². The van der Waals surface area contributed by atoms with Gasteiger partial charge in [-0.2, -0.15) is 0 Å². The summed E-state index contributed by atoms with van der Waals surface area (Å²) in [7, 11) is 0. The number of unbranched alkanes of at least 4 members (excludes halogenated alkanes) is 1. The Bertz CT molecular complexity index is 813. The predicted molar refractivity (Wildman–Crippen MR) is 100 cm³/mol. The SMILES string of the molecule is CCCCOC(=O)[C@@]1(Cc2ccccc2)OC(=O)/C(=C\c2ccccc2)O1. The predicted octanol–water partition coefficient (Wildman–Crippen LogP) is 3.88. The lowest BCUT2D eigenvalue weighted by atomic mass is 10.1. The van der Waals surface area contributed by atoms with E-state index in [0.717, 1.165) is 24.0 Å². The zero-order valence-corrected chi connectivity index (χ0v) is 15.2. The van der Waals surface area contributed by atoms with E-state index in [2.05, 4.69) is 0 Å². The Hall–Kier alpha value is -3.08. The van der Waals surface area contributed by atoms with Crippen molar-refractivity contribution in [1.29, 1.82) is 0 Å². The van der Waals surface area contributed by atoms with Crippen LogP contribution in [0.1, 0.15) is 30.9 Å². The van der Waals surface area contributed by atoms with Gasteiger partial charge in [-0.1, -0.05) is 74.0 Å². The van der Waals surface area contributed by atoms with E-state index in [9.17, 15) is 9.59 Å². The van der Waals surface area contributed by atoms with E-state index in [0.29, 0.717) is 0 Å². The summed E-state index contributed by atoms with van der Waals surface area (Å²) in [6.07, 6.45) is 3.26. The van der Waals surface area contributed by atoms with Crippen molar-refractivity contribution in [3.05, 3.63) is 77.5 Å². The van der Waals surface area contributed by atoms with Crippen LogP contribution in [0.4, 0.5) is 0 Å². The molecular weight excluding hydrogens is 344 g/mol. The van der Waals surface area contributed by atoms with E-state index in [1.807, 2.05) is 67.6 Å². The molecule has 2 aromatic rings. The Kier molecular flexibility index (Phi) is 5.91. The van der Waals surface area contributed by atoms with Crippen molar-refractivity contribution in [3.63, 3.8) is 0 Å². The molecule has 0 amide bonds. The maximum Gasteiger partial charge on any atom is 0.393 e. The number of hydrogen-bond donors (Lipinski definition) is 0. The molecule has 0 aromatic heterocycles. The third-order valence-corrected chi connectivity index (χ3v) is 4.15. The van der Waals surface area contributed by atoms with Crippen molar-refractivity contribution in [1.82, 2.24) is 0 Å². The fourth-order valence-electron chi connectivity index (χ4n) is 2.74. The highest BCUT2D eigenvalue weighted by molar-refractivity contribution is 5.97. The van der Waals surface area contributed by atoms with Crippen molar-refractivity contribution in [2.75, 3.05) is 6.61 Å². The second-order valence-electron chi connectivity index (χ2n) is 6.32. The van der Waals surface area contributed by atoms with Gasteiger partial charge in [-0.3, -0.25) is 0 Å². The highest BCUT2D eigenvalue weighted by atomic mass is 16.8. The van der Waals surface area contributed by atoms with Gasteiger partial charge in [-0.15, -0.1) is 0 Å². The summed E-state index contributed by atoms with van der Waals surface area (Å²) in [5.41, 5.74) is 1.58. The molecule has 2 aromatic carbocycles. The second-order valence-corrected chi connectivity index (χ2v) is 6.32. The lowest BCUT2D eigenvalue weighted by Gasteiger charge is -2.24. The molecule has 1 saturated heterocycles. The third-order valence-electron chi connectivity index (χ3n) is 4.15. The van der Waals surface area contributed by atoms with Gasteiger partial charge in [0, 0.05) is 0 Å². The van der Waals surface area contributed by atoms with Crippen LogP contribution >= 0.6 is 0 Å². The zero-order valence-electron chi connectivity index (χ0n) is 15.2. The maximum absolute atomic E-state index is 12.7. The molecule has 0 spiro atoms. The summed E-state index contributed by atoms with van der Waals surface area (Å²) >= 11 is 0. The summed E-state index contributed by atoms with van der Waals surface area (Å²) in [5, 5.41) is 0. The molecule has 1 heterocycles. The molecule has 140 valence electrons. The van der Waals surface area contributed by atoms with Crippen molar-refractivity contribution < 1.29 is 23.8 Å². The van der Waals surface area contributed by atoms with Crippen LogP contribution in [0.2, 0.25) is 0 Å². The Balaban J connectivity index is 1.87. The van der Waals surface area contributed by atoms with Crippen molar-refractivity contribution in [2.45, 2.75) is 32.0 Å². The Morgan fingerprint density at radius 1 is 1.04 bits per heavy atom. The molecule has 1 aliphatic heterocycles. The Morgan fingerprint density at radius 2 is 1.70 bits per heavy atom. The Morgan fingerprint density at radius 3 is 2.37 bits per heavy atom. The minimum Gasteiger partial charge on any atom is -0.460 e. The average Bonchev–Trinajstić information content (AvgIpc) is 2.99. The molecule has 0 radical (unpaired) electrons. The van der Waals surface area contributed by atoms with Gasteiger partial charge in [0.2, 0.25) is 5.76 Å². The van der Waals surface area contributed by atoms with Crippen LogP contribution in [-0.2, 0) is 30.2 Å². The smallest absolute Gasteiger partial charge is 0.393 e. The average molecular weight is 366 g/mol. The number of ether oxygens (including phenoxy) is 3. The number of hydrogen-bond acceptors (Lipinski definition) is 5. The first kappa shape index (κ1) is 18.7. The summed E-state index contributed by atoms with van der Waals surface area (Å²) in [4.78, 5) is 25.1. The van der Waals surface area contributed by atoms with E-state index in [1.54, 1.807) is 6.08 Å². The monoisotopic (exact) mass is 366 g/mol. The first-order valence-electron chi connectivity index (χ1n) is 9.03. The van der Waals surface area contributed by atoms with E-state index in [4.69, 9.17) is 14.2 Å². The van der Waals surface area contributed by atoms with Crippen LogP contribution in [0.5, 0.6) is 0 Å². The largest absolute Gasteiger partial charge is 0.460 e. The van der Waals surface area contributed by atoms with Gasteiger partial charge in [0.15, 0.2) is 0 Å². The number of benzene rings is 2. The van der Waals surface area contributed by atoms with Gasteiger partial charge in [0.05, 0.1) is 13.0 Å². The summed E-state index contributed by atoms with van der Waals surface area (Å²) in [6, 6.07) is 18.5. The fraction of sp³-hybridized carbons (Fsp3) is 0.273. The third kappa shape index (κ3) is 4.56. The molecule has 27 heavy (non-hydrogen) atoms. The molecule has 1 atom stereocenters. The quantitative estimate of drug-likeness (QED) is 0.423. The first-order chi connectivity index (χ1) is 13.1. The molecule has 0 aliphatic carbocycles. The zero-order chi connectivity index (χ0) is 19.1. The minimum absolute atomic E-state index is 0.00965. The molecule has 0 bridgehead atoms. The van der Waals surface area contributed by atoms with Crippen molar-refractivity contribution in [2.24, 2.45) is 0 Å². The van der Waals surface area contributed by atoms with Gasteiger partial charge in [-0.05, 0) is 23.6 Å². The molecular formula is C22H22O5. The van der Waals surface area contributed by atoms with Crippen LogP contribution in [0, 0.1) is 0 Å². The summed E-state index contributed by atoms with van der Waals surface area (Å²) in [6.45, 7) is 2.25. The van der Waals surface area contributed by atoms with E-state index in [-0.39, 0.29) is 18.8 Å². The summed E-state index contributed by atoms with van der Waals surface area (Å²) in [5.74, 6) is -3.18. The second kappa shape index (κ2) is 8.54. The number of rotatable bonds is 7. The lowest BCUT2D eigenvalue weighted by molar-refractivity contribution is -0.205. The van der Waals surface area contributed by atoms with Gasteiger partial charge in [-0.25, -0.2) is 9.59 Å². The fourth-order valence-corrected chi connectivity index (χ4v) is 2.74. The van der Waals surface area contributed by atoms with Gasteiger partial charge < -0.3 is 14.2 Å². The van der Waals surface area contributed by atoms with E-state index >= 15 is 0 Å². The maximum atomic E-state index is 12.7. The molecule has 0 unspecified atom stereocenters. The normalized spacial score (nSPS) is 20.2. The molecule has 1 fully saturated rings. The molecule has 5 heteroatoms. The molecule has 5 nitrogen and oxygen atoms in total. The molecule has 0 saturated carbocycles. The van der Waals surface area contributed by atoms with Crippen LogP contribution in [-0.4, -0.2) is 24.3 Å². The van der Waals surface area contributed by atoms with Gasteiger partial charge >= 0.3 is 17.7 Å².